The van der Waals surface area contributed by atoms with Crippen LogP contribution in [0, 0.1) is 12.8 Å². The molecule has 0 radical (unpaired) electrons. The van der Waals surface area contributed by atoms with Gasteiger partial charge in [-0.2, -0.15) is 0 Å². The van der Waals surface area contributed by atoms with E-state index in [4.69, 9.17) is 4.74 Å². The zero-order chi connectivity index (χ0) is 22.8. The number of fused-ring (bicyclic) bond motifs is 1. The Morgan fingerprint density at radius 2 is 1.73 bits per heavy atom. The summed E-state index contributed by atoms with van der Waals surface area (Å²) in [6.07, 6.45) is 2.93. The predicted molar refractivity (Wildman–Crippen MR) is 130 cm³/mol. The van der Waals surface area contributed by atoms with Crippen LogP contribution in [0.2, 0.25) is 0 Å². The molecule has 1 aromatic heterocycles. The van der Waals surface area contributed by atoms with Gasteiger partial charge in [0.05, 0.1) is 24.3 Å². The predicted octanol–water partition coefficient (Wildman–Crippen LogP) is 4.37. The number of ether oxygens (including phenoxy) is 1. The first-order valence-corrected chi connectivity index (χ1v) is 11.5. The quantitative estimate of drug-likeness (QED) is 0.611. The van der Waals surface area contributed by atoms with Crippen LogP contribution >= 0.6 is 0 Å². The van der Waals surface area contributed by atoms with E-state index in [-0.39, 0.29) is 17.7 Å². The number of hydrogen-bond donors (Lipinski definition) is 2. The van der Waals surface area contributed by atoms with Gasteiger partial charge in [-0.25, -0.2) is 0 Å². The molecule has 170 valence electrons. The summed E-state index contributed by atoms with van der Waals surface area (Å²) in [6.45, 7) is 5.10. The van der Waals surface area contributed by atoms with Gasteiger partial charge in [-0.05, 0) is 62.2 Å². The molecule has 7 nitrogen and oxygen atoms in total. The summed E-state index contributed by atoms with van der Waals surface area (Å²) in [4.78, 5) is 32.6. The number of aromatic nitrogens is 1. The topological polar surface area (TPSA) is 83.6 Å². The first kappa shape index (κ1) is 21.4. The van der Waals surface area contributed by atoms with Crippen LogP contribution in [0.1, 0.15) is 35.3 Å². The van der Waals surface area contributed by atoms with Crippen molar-refractivity contribution in [1.29, 1.82) is 0 Å². The Kier molecular flexibility index (Phi) is 5.96. The number of hydrogen-bond acceptors (Lipinski definition) is 5. The number of nitrogens with zero attached hydrogens (tertiary/aromatic N) is 2. The minimum atomic E-state index is -0.232. The number of aryl methyl sites for hydroxylation is 1. The summed E-state index contributed by atoms with van der Waals surface area (Å²) < 4.78 is 5.42. The highest BCUT2D eigenvalue weighted by Gasteiger charge is 2.25. The van der Waals surface area contributed by atoms with Gasteiger partial charge >= 0.3 is 0 Å². The largest absolute Gasteiger partial charge is 0.378 e. The lowest BCUT2D eigenvalue weighted by Crippen LogP contribution is -2.36. The second kappa shape index (κ2) is 9.19. The third-order valence-electron chi connectivity index (χ3n) is 6.44. The highest BCUT2D eigenvalue weighted by Crippen LogP contribution is 2.29. The summed E-state index contributed by atoms with van der Waals surface area (Å²) in [5, 5.41) is 6.74. The van der Waals surface area contributed by atoms with Gasteiger partial charge in [0.15, 0.2) is 0 Å². The summed E-state index contributed by atoms with van der Waals surface area (Å²) in [6, 6.07) is 15.2. The van der Waals surface area contributed by atoms with E-state index in [9.17, 15) is 9.59 Å². The number of carbonyl (C=O) groups is 2. The molecule has 2 aromatic carbocycles. The maximum absolute atomic E-state index is 13.3. The number of nitrogens with one attached hydrogen (secondary N) is 2. The van der Waals surface area contributed by atoms with E-state index >= 15 is 0 Å². The summed E-state index contributed by atoms with van der Waals surface area (Å²) in [5.41, 5.74) is 4.46. The van der Waals surface area contributed by atoms with Gasteiger partial charge in [0.1, 0.15) is 0 Å². The molecule has 2 heterocycles. The first-order chi connectivity index (χ1) is 16.1. The number of benzene rings is 2. The van der Waals surface area contributed by atoms with Crippen molar-refractivity contribution < 1.29 is 14.3 Å². The van der Waals surface area contributed by atoms with Gasteiger partial charge in [-0.1, -0.05) is 12.5 Å². The van der Waals surface area contributed by atoms with Crippen LogP contribution in [0.15, 0.2) is 48.5 Å². The molecule has 0 atom stereocenters. The van der Waals surface area contributed by atoms with Crippen LogP contribution in [-0.2, 0) is 9.53 Å². The fraction of sp³-hybridized carbons (Fsp3) is 0.346. The van der Waals surface area contributed by atoms with E-state index in [0.717, 1.165) is 62.3 Å². The SMILES string of the molecule is Cc1ccc2c(C(=O)Nc3ccc(N4CCOCC4)cc3)cc(NC(=O)C3CCC3)cc2n1. The monoisotopic (exact) mass is 444 g/mol. The molecule has 7 heteroatoms. The van der Waals surface area contributed by atoms with Crippen molar-refractivity contribution in [2.24, 2.45) is 5.92 Å². The van der Waals surface area contributed by atoms with Crippen LogP contribution in [0.4, 0.5) is 17.1 Å². The van der Waals surface area contributed by atoms with E-state index in [1.54, 1.807) is 6.07 Å². The minimum Gasteiger partial charge on any atom is -0.378 e. The molecule has 3 aromatic rings. The summed E-state index contributed by atoms with van der Waals surface area (Å²) in [7, 11) is 0. The molecular formula is C26H28N4O3. The average molecular weight is 445 g/mol. The molecule has 0 spiro atoms. The highest BCUT2D eigenvalue weighted by atomic mass is 16.5. The molecule has 2 fully saturated rings. The van der Waals surface area contributed by atoms with Crippen molar-refractivity contribution in [2.75, 3.05) is 41.8 Å². The fourth-order valence-corrected chi connectivity index (χ4v) is 4.29. The van der Waals surface area contributed by atoms with Gasteiger partial charge < -0.3 is 20.3 Å². The molecule has 2 aliphatic rings. The van der Waals surface area contributed by atoms with E-state index in [0.29, 0.717) is 22.5 Å². The average Bonchev–Trinajstić information content (AvgIpc) is 2.78. The fourth-order valence-electron chi connectivity index (χ4n) is 4.29. The van der Waals surface area contributed by atoms with Gasteiger partial charge in [0.25, 0.3) is 5.91 Å². The molecule has 5 rings (SSSR count). The minimum absolute atomic E-state index is 0.0123. The van der Waals surface area contributed by atoms with Crippen LogP contribution in [-0.4, -0.2) is 43.1 Å². The van der Waals surface area contributed by atoms with Crippen molar-refractivity contribution in [1.82, 2.24) is 4.98 Å². The number of amides is 2. The number of anilines is 3. The van der Waals surface area contributed by atoms with Crippen molar-refractivity contribution >= 4 is 39.8 Å². The van der Waals surface area contributed by atoms with Crippen LogP contribution in [0.3, 0.4) is 0 Å². The molecule has 0 unspecified atom stereocenters. The lowest BCUT2D eigenvalue weighted by Gasteiger charge is -2.28. The lowest BCUT2D eigenvalue weighted by atomic mass is 9.85. The number of rotatable bonds is 5. The van der Waals surface area contributed by atoms with Gasteiger partial charge in [-0.3, -0.25) is 14.6 Å². The molecule has 1 saturated heterocycles. The molecule has 1 aliphatic heterocycles. The first-order valence-electron chi connectivity index (χ1n) is 11.5. The van der Waals surface area contributed by atoms with E-state index in [2.05, 4.69) is 20.5 Å². The number of carbonyl (C=O) groups excluding carboxylic acids is 2. The second-order valence-electron chi connectivity index (χ2n) is 8.76. The lowest BCUT2D eigenvalue weighted by molar-refractivity contribution is -0.122. The molecule has 2 amide bonds. The number of morpholine rings is 1. The third-order valence-corrected chi connectivity index (χ3v) is 6.44. The van der Waals surface area contributed by atoms with Crippen molar-refractivity contribution in [2.45, 2.75) is 26.2 Å². The Hall–Kier alpha value is -3.45. The molecule has 0 bridgehead atoms. The van der Waals surface area contributed by atoms with Crippen molar-refractivity contribution in [3.8, 4) is 0 Å². The maximum atomic E-state index is 13.3. The zero-order valence-corrected chi connectivity index (χ0v) is 18.8. The van der Waals surface area contributed by atoms with E-state index in [1.807, 2.05) is 49.4 Å². The molecule has 1 saturated carbocycles. The Labute approximate surface area is 193 Å². The van der Waals surface area contributed by atoms with Crippen molar-refractivity contribution in [3.05, 3.63) is 59.8 Å². The van der Waals surface area contributed by atoms with Crippen LogP contribution in [0.5, 0.6) is 0 Å². The Morgan fingerprint density at radius 3 is 2.42 bits per heavy atom. The Morgan fingerprint density at radius 1 is 0.970 bits per heavy atom. The highest BCUT2D eigenvalue weighted by molar-refractivity contribution is 6.14. The summed E-state index contributed by atoms with van der Waals surface area (Å²) in [5.74, 6) is -0.156. The van der Waals surface area contributed by atoms with Crippen LogP contribution in [0.25, 0.3) is 10.9 Å². The Bertz CT molecular complexity index is 1180. The third kappa shape index (κ3) is 4.68. The van der Waals surface area contributed by atoms with E-state index in [1.165, 1.54) is 0 Å². The van der Waals surface area contributed by atoms with Crippen LogP contribution < -0.4 is 15.5 Å². The number of pyridine rings is 1. The summed E-state index contributed by atoms with van der Waals surface area (Å²) >= 11 is 0. The molecule has 1 aliphatic carbocycles. The maximum Gasteiger partial charge on any atom is 0.256 e. The van der Waals surface area contributed by atoms with Gasteiger partial charge in [0.2, 0.25) is 5.91 Å². The Balaban J connectivity index is 1.39. The van der Waals surface area contributed by atoms with Gasteiger partial charge in [0, 0.05) is 47.1 Å². The van der Waals surface area contributed by atoms with Gasteiger partial charge in [-0.15, -0.1) is 0 Å². The molecule has 2 N–H and O–H groups in total. The smallest absolute Gasteiger partial charge is 0.256 e. The second-order valence-corrected chi connectivity index (χ2v) is 8.76. The molecule has 33 heavy (non-hydrogen) atoms. The molecular weight excluding hydrogens is 416 g/mol. The zero-order valence-electron chi connectivity index (χ0n) is 18.8. The van der Waals surface area contributed by atoms with Crippen molar-refractivity contribution in [3.63, 3.8) is 0 Å². The standard InChI is InChI=1S/C26H28N4O3/c1-17-5-10-22-23(15-20(16-24(22)27-17)29-25(31)18-3-2-4-18)26(32)28-19-6-8-21(9-7-19)30-11-13-33-14-12-30/h5-10,15-16,18H,2-4,11-14H2,1H3,(H,28,32)(H,29,31). The van der Waals surface area contributed by atoms with E-state index < -0.39 is 0 Å². The normalized spacial score (nSPS) is 16.3.